The molecule has 0 aliphatic carbocycles. The van der Waals surface area contributed by atoms with Crippen molar-refractivity contribution in [3.63, 3.8) is 0 Å². The molecule has 3 N–H and O–H groups in total. The first-order valence-electron chi connectivity index (χ1n) is 12.6. The summed E-state index contributed by atoms with van der Waals surface area (Å²) in [4.78, 5) is 41.0. The lowest BCUT2D eigenvalue weighted by Gasteiger charge is -2.27. The van der Waals surface area contributed by atoms with E-state index in [-0.39, 0.29) is 24.4 Å². The predicted octanol–water partition coefficient (Wildman–Crippen LogP) is 4.26. The standard InChI is InChI=1S/C25H31FN6O4S.C2H6/c1-14(2)29-23(34)25(4,5)32-21(33)19-15(3)20(30-28-11-10-27)37-22(19)31(24(32)35)12-9-16-13-17(26)7-8-18(16)36-6;1-2/h7-8,10-11,13-14,27,30H,9,12H2,1-6H3,(H,29,34);1-2H3/b27-10?,28-11-;. The molecule has 3 aromatic rings. The first-order chi connectivity index (χ1) is 18.4. The van der Waals surface area contributed by atoms with Gasteiger partial charge >= 0.3 is 5.69 Å². The summed E-state index contributed by atoms with van der Waals surface area (Å²) in [6.45, 7) is 12.4. The number of halogens is 1. The van der Waals surface area contributed by atoms with Crippen LogP contribution in [0.15, 0.2) is 32.9 Å². The number of methoxy groups -OCH3 is 1. The van der Waals surface area contributed by atoms with Crippen molar-refractivity contribution in [2.45, 2.75) is 73.0 Å². The number of amides is 1. The van der Waals surface area contributed by atoms with Crippen molar-refractivity contribution in [1.82, 2.24) is 14.5 Å². The third-order valence-electron chi connectivity index (χ3n) is 5.91. The van der Waals surface area contributed by atoms with Gasteiger partial charge in [0, 0.05) is 24.4 Å². The number of aromatic nitrogens is 2. The van der Waals surface area contributed by atoms with Gasteiger partial charge in [-0.15, -0.1) is 0 Å². The Bertz CT molecular complexity index is 1490. The number of hydrogen-bond acceptors (Lipinski definition) is 8. The SMILES string of the molecule is CC.COc1ccc(F)cc1CCn1c(=O)n(C(C)(C)C(=O)NC(C)C)c(=O)c2c(C)c(N/N=C\C=N)sc21. The van der Waals surface area contributed by atoms with E-state index in [1.165, 1.54) is 49.9 Å². The summed E-state index contributed by atoms with van der Waals surface area (Å²) in [5, 5.41) is 14.6. The zero-order valence-electron chi connectivity index (χ0n) is 23.6. The Labute approximate surface area is 231 Å². The first-order valence-corrected chi connectivity index (χ1v) is 13.5. The second-order valence-corrected chi connectivity index (χ2v) is 10.3. The van der Waals surface area contributed by atoms with Crippen LogP contribution in [0.3, 0.4) is 0 Å². The maximum atomic E-state index is 14.0. The van der Waals surface area contributed by atoms with Crippen molar-refractivity contribution in [3.8, 4) is 5.75 Å². The van der Waals surface area contributed by atoms with Crippen LogP contribution in [0.4, 0.5) is 9.39 Å². The van der Waals surface area contributed by atoms with E-state index in [4.69, 9.17) is 10.1 Å². The number of rotatable bonds is 10. The number of hydrogen-bond donors (Lipinski definition) is 3. The van der Waals surface area contributed by atoms with Gasteiger partial charge in [0.25, 0.3) is 5.56 Å². The van der Waals surface area contributed by atoms with Crippen molar-refractivity contribution in [3.05, 3.63) is 56.0 Å². The summed E-state index contributed by atoms with van der Waals surface area (Å²) in [6.07, 6.45) is 2.48. The van der Waals surface area contributed by atoms with Crippen LogP contribution in [0.1, 0.15) is 52.7 Å². The predicted molar refractivity (Wildman–Crippen MR) is 157 cm³/mol. The maximum absolute atomic E-state index is 14.0. The highest BCUT2D eigenvalue weighted by Gasteiger charge is 2.35. The van der Waals surface area contributed by atoms with Gasteiger partial charge in [0.1, 0.15) is 26.9 Å². The topological polar surface area (TPSA) is 131 Å². The number of carbonyl (C=O) groups is 1. The zero-order valence-corrected chi connectivity index (χ0v) is 24.5. The van der Waals surface area contributed by atoms with E-state index in [0.717, 1.165) is 22.1 Å². The fourth-order valence-corrected chi connectivity index (χ4v) is 5.16. The molecule has 1 aromatic carbocycles. The van der Waals surface area contributed by atoms with Gasteiger partial charge in [-0.1, -0.05) is 25.2 Å². The van der Waals surface area contributed by atoms with Crippen LogP contribution in [-0.2, 0) is 23.3 Å². The molecule has 212 valence electrons. The molecular weight excluding hydrogens is 523 g/mol. The van der Waals surface area contributed by atoms with Crippen LogP contribution >= 0.6 is 11.3 Å². The zero-order chi connectivity index (χ0) is 29.5. The Morgan fingerprint density at radius 3 is 2.54 bits per heavy atom. The summed E-state index contributed by atoms with van der Waals surface area (Å²) in [5.41, 5.74) is 1.17. The van der Waals surface area contributed by atoms with E-state index in [9.17, 15) is 18.8 Å². The molecular formula is C27H37FN6O4S. The number of carbonyl (C=O) groups excluding carboxylic acids is 1. The van der Waals surface area contributed by atoms with Crippen LogP contribution in [0.2, 0.25) is 0 Å². The van der Waals surface area contributed by atoms with Gasteiger partial charge in [-0.25, -0.2) is 13.8 Å². The van der Waals surface area contributed by atoms with Gasteiger partial charge in [-0.2, -0.15) is 5.10 Å². The second kappa shape index (κ2) is 13.3. The van der Waals surface area contributed by atoms with Crippen molar-refractivity contribution in [2.75, 3.05) is 12.5 Å². The molecule has 3 rings (SSSR count). The van der Waals surface area contributed by atoms with Crippen molar-refractivity contribution < 1.29 is 13.9 Å². The molecule has 0 unspecified atom stereocenters. The first kappa shape index (κ1) is 31.4. The largest absolute Gasteiger partial charge is 0.496 e. The Morgan fingerprint density at radius 1 is 1.28 bits per heavy atom. The molecule has 10 nitrogen and oxygen atoms in total. The lowest BCUT2D eigenvalue weighted by Crippen LogP contribution is -2.56. The minimum absolute atomic E-state index is 0.0977. The molecule has 1 amide bonds. The molecule has 0 bridgehead atoms. The Hall–Kier alpha value is -3.80. The second-order valence-electron chi connectivity index (χ2n) is 9.26. The molecule has 0 spiro atoms. The minimum Gasteiger partial charge on any atom is -0.496 e. The summed E-state index contributed by atoms with van der Waals surface area (Å²) < 4.78 is 21.7. The van der Waals surface area contributed by atoms with Crippen LogP contribution in [0.25, 0.3) is 10.2 Å². The highest BCUT2D eigenvalue weighted by molar-refractivity contribution is 7.22. The molecule has 0 fully saturated rings. The Morgan fingerprint density at radius 2 is 1.95 bits per heavy atom. The van der Waals surface area contributed by atoms with Gasteiger partial charge in [0.2, 0.25) is 5.91 Å². The van der Waals surface area contributed by atoms with Crippen LogP contribution < -0.4 is 26.7 Å². The van der Waals surface area contributed by atoms with Crippen molar-refractivity contribution in [1.29, 1.82) is 5.41 Å². The number of ether oxygens (including phenoxy) is 1. The van der Waals surface area contributed by atoms with Gasteiger partial charge < -0.3 is 15.5 Å². The van der Waals surface area contributed by atoms with Gasteiger partial charge in [0.05, 0.1) is 18.7 Å². The van der Waals surface area contributed by atoms with E-state index >= 15 is 0 Å². The molecule has 0 saturated carbocycles. The monoisotopic (exact) mass is 560 g/mol. The fraction of sp³-hybridized carbons (Fsp3) is 0.444. The molecule has 0 aliphatic heterocycles. The number of aryl methyl sites for hydroxylation is 3. The van der Waals surface area contributed by atoms with Gasteiger partial charge in [-0.05, 0) is 64.8 Å². The third-order valence-corrected chi connectivity index (χ3v) is 7.13. The van der Waals surface area contributed by atoms with E-state index in [1.54, 1.807) is 20.8 Å². The third kappa shape index (κ3) is 6.62. The molecule has 39 heavy (non-hydrogen) atoms. The maximum Gasteiger partial charge on any atom is 0.333 e. The number of thiophene rings is 1. The van der Waals surface area contributed by atoms with Crippen molar-refractivity contribution in [2.24, 2.45) is 5.10 Å². The summed E-state index contributed by atoms with van der Waals surface area (Å²) in [7, 11) is 1.48. The quantitative estimate of drug-likeness (QED) is 0.252. The summed E-state index contributed by atoms with van der Waals surface area (Å²) in [5.74, 6) is -0.435. The van der Waals surface area contributed by atoms with Gasteiger partial charge in [-0.3, -0.25) is 19.6 Å². The molecule has 2 heterocycles. The van der Waals surface area contributed by atoms with E-state index < -0.39 is 28.5 Å². The average Bonchev–Trinajstić information content (AvgIpc) is 3.21. The molecule has 0 atom stereocenters. The number of anilines is 1. The molecule has 0 aliphatic rings. The number of hydrazone groups is 1. The van der Waals surface area contributed by atoms with E-state index in [0.29, 0.717) is 26.7 Å². The molecule has 0 saturated heterocycles. The highest BCUT2D eigenvalue weighted by atomic mass is 32.1. The smallest absolute Gasteiger partial charge is 0.333 e. The number of fused-ring (bicyclic) bond motifs is 1. The van der Waals surface area contributed by atoms with E-state index in [1.807, 2.05) is 13.8 Å². The minimum atomic E-state index is -1.49. The normalized spacial score (nSPS) is 11.4. The number of benzene rings is 1. The fourth-order valence-electron chi connectivity index (χ4n) is 3.99. The van der Waals surface area contributed by atoms with Gasteiger partial charge in [0.15, 0.2) is 0 Å². The summed E-state index contributed by atoms with van der Waals surface area (Å²) in [6, 6.07) is 3.95. The number of nitrogens with zero attached hydrogens (tertiary/aromatic N) is 3. The molecule has 0 radical (unpaired) electrons. The average molecular weight is 561 g/mol. The van der Waals surface area contributed by atoms with Crippen molar-refractivity contribution >= 4 is 44.9 Å². The molecule has 2 aromatic heterocycles. The lowest BCUT2D eigenvalue weighted by atomic mass is 10.0. The Kier molecular flexibility index (Phi) is 10.7. The number of nitrogens with one attached hydrogen (secondary N) is 3. The molecule has 12 heteroatoms. The highest BCUT2D eigenvalue weighted by Crippen LogP contribution is 2.33. The van der Waals surface area contributed by atoms with Crippen LogP contribution in [0, 0.1) is 18.2 Å². The Balaban J connectivity index is 0.00000260. The van der Waals surface area contributed by atoms with E-state index in [2.05, 4.69) is 15.8 Å². The van der Waals surface area contributed by atoms with Crippen LogP contribution in [0.5, 0.6) is 5.75 Å². The lowest BCUT2D eigenvalue weighted by molar-refractivity contribution is -0.129. The van der Waals surface area contributed by atoms with Crippen LogP contribution in [-0.4, -0.2) is 40.6 Å². The summed E-state index contributed by atoms with van der Waals surface area (Å²) >= 11 is 1.16.